The molecule has 1 aromatic rings. The third kappa shape index (κ3) is 4.55. The average Bonchev–Trinajstić information content (AvgIpc) is 2.37. The third-order valence-corrected chi connectivity index (χ3v) is 2.53. The standard InChI is InChI=1S/C12H17N3O4/c1-12(19,10(16)17)8-14-11(18)15(2)7-9-4-3-5-13-6-9/h3-6,19H,7-8H2,1-2H3,(H,14,18)(H,16,17). The number of amides is 2. The Balaban J connectivity index is 2.48. The lowest BCUT2D eigenvalue weighted by atomic mass is 10.1. The minimum atomic E-state index is -1.98. The first-order valence-corrected chi connectivity index (χ1v) is 5.66. The van der Waals surface area contributed by atoms with Crippen molar-refractivity contribution in [2.75, 3.05) is 13.6 Å². The number of nitrogens with zero attached hydrogens (tertiary/aromatic N) is 2. The predicted molar refractivity (Wildman–Crippen MR) is 67.4 cm³/mol. The Labute approximate surface area is 110 Å². The number of hydrogen-bond acceptors (Lipinski definition) is 4. The topological polar surface area (TPSA) is 103 Å². The molecule has 0 saturated heterocycles. The number of aromatic nitrogens is 1. The molecule has 104 valence electrons. The summed E-state index contributed by atoms with van der Waals surface area (Å²) in [5.74, 6) is -1.39. The molecule has 0 fully saturated rings. The van der Waals surface area contributed by atoms with Gasteiger partial charge in [-0.05, 0) is 18.6 Å². The molecule has 1 aromatic heterocycles. The fraction of sp³-hybridized carbons (Fsp3) is 0.417. The SMILES string of the molecule is CN(Cc1cccnc1)C(=O)NCC(C)(O)C(=O)O. The van der Waals surface area contributed by atoms with Gasteiger partial charge in [0, 0.05) is 26.0 Å². The fourth-order valence-electron chi connectivity index (χ4n) is 1.30. The van der Waals surface area contributed by atoms with Crippen LogP contribution in [0.15, 0.2) is 24.5 Å². The molecule has 3 N–H and O–H groups in total. The summed E-state index contributed by atoms with van der Waals surface area (Å²) >= 11 is 0. The van der Waals surface area contributed by atoms with Crippen molar-refractivity contribution >= 4 is 12.0 Å². The van der Waals surface area contributed by atoms with Crippen molar-refractivity contribution in [3.8, 4) is 0 Å². The van der Waals surface area contributed by atoms with Crippen LogP contribution in [0.2, 0.25) is 0 Å². The van der Waals surface area contributed by atoms with Crippen LogP contribution in [0.4, 0.5) is 4.79 Å². The van der Waals surface area contributed by atoms with E-state index < -0.39 is 17.6 Å². The molecule has 0 aliphatic rings. The van der Waals surface area contributed by atoms with E-state index in [0.29, 0.717) is 6.54 Å². The van der Waals surface area contributed by atoms with E-state index in [1.54, 1.807) is 25.5 Å². The van der Waals surface area contributed by atoms with Gasteiger partial charge in [0.2, 0.25) is 0 Å². The number of carboxylic acid groups (broad SMARTS) is 1. The molecular formula is C12H17N3O4. The van der Waals surface area contributed by atoms with Gasteiger partial charge in [-0.15, -0.1) is 0 Å². The zero-order valence-corrected chi connectivity index (χ0v) is 10.8. The summed E-state index contributed by atoms with van der Waals surface area (Å²) in [6, 6.07) is 3.12. The molecule has 0 bridgehead atoms. The highest BCUT2D eigenvalue weighted by Gasteiger charge is 2.30. The van der Waals surface area contributed by atoms with Gasteiger partial charge in [-0.2, -0.15) is 0 Å². The van der Waals surface area contributed by atoms with E-state index in [2.05, 4.69) is 10.3 Å². The van der Waals surface area contributed by atoms with E-state index in [4.69, 9.17) is 5.11 Å². The fourth-order valence-corrected chi connectivity index (χ4v) is 1.30. The molecule has 7 nitrogen and oxygen atoms in total. The molecule has 7 heteroatoms. The summed E-state index contributed by atoms with van der Waals surface area (Å²) < 4.78 is 0. The minimum absolute atomic E-state index is 0.342. The van der Waals surface area contributed by atoms with E-state index in [1.807, 2.05) is 6.07 Å². The second-order valence-electron chi connectivity index (χ2n) is 4.46. The minimum Gasteiger partial charge on any atom is -0.479 e. The van der Waals surface area contributed by atoms with Crippen LogP contribution in [0.5, 0.6) is 0 Å². The molecule has 1 heterocycles. The van der Waals surface area contributed by atoms with E-state index >= 15 is 0 Å². The first-order valence-electron chi connectivity index (χ1n) is 5.66. The lowest BCUT2D eigenvalue weighted by Gasteiger charge is -2.22. The average molecular weight is 267 g/mol. The van der Waals surface area contributed by atoms with Gasteiger partial charge in [-0.25, -0.2) is 9.59 Å². The molecule has 0 aliphatic carbocycles. The van der Waals surface area contributed by atoms with Gasteiger partial charge in [0.15, 0.2) is 5.60 Å². The van der Waals surface area contributed by atoms with Gasteiger partial charge in [-0.1, -0.05) is 6.07 Å². The van der Waals surface area contributed by atoms with Crippen molar-refractivity contribution in [3.63, 3.8) is 0 Å². The van der Waals surface area contributed by atoms with Crippen molar-refractivity contribution in [1.82, 2.24) is 15.2 Å². The van der Waals surface area contributed by atoms with E-state index in [9.17, 15) is 14.7 Å². The molecule has 0 spiro atoms. The summed E-state index contributed by atoms with van der Waals surface area (Å²) in [4.78, 5) is 27.7. The Morgan fingerprint density at radius 2 is 2.21 bits per heavy atom. The molecule has 19 heavy (non-hydrogen) atoms. The second-order valence-corrected chi connectivity index (χ2v) is 4.46. The van der Waals surface area contributed by atoms with Crippen LogP contribution in [0.3, 0.4) is 0 Å². The number of aliphatic carboxylic acids is 1. The molecule has 0 aromatic carbocycles. The summed E-state index contributed by atoms with van der Waals surface area (Å²) in [7, 11) is 1.57. The summed E-state index contributed by atoms with van der Waals surface area (Å²) in [5.41, 5.74) is -1.13. The summed E-state index contributed by atoms with van der Waals surface area (Å²) in [6.45, 7) is 1.10. The third-order valence-electron chi connectivity index (χ3n) is 2.53. The van der Waals surface area contributed by atoms with Crippen LogP contribution in [-0.2, 0) is 11.3 Å². The van der Waals surface area contributed by atoms with Crippen molar-refractivity contribution in [2.45, 2.75) is 19.1 Å². The number of aliphatic hydroxyl groups is 1. The highest BCUT2D eigenvalue weighted by molar-refractivity contribution is 5.79. The number of carbonyl (C=O) groups is 2. The molecule has 1 rings (SSSR count). The predicted octanol–water partition coefficient (Wildman–Crippen LogP) is 0.0586. The maximum Gasteiger partial charge on any atom is 0.337 e. The summed E-state index contributed by atoms with van der Waals surface area (Å²) in [5, 5.41) is 20.5. The molecule has 0 radical (unpaired) electrons. The van der Waals surface area contributed by atoms with Crippen molar-refractivity contribution in [2.24, 2.45) is 0 Å². The Kier molecular flexibility index (Phi) is 4.82. The lowest BCUT2D eigenvalue weighted by Crippen LogP contribution is -2.49. The van der Waals surface area contributed by atoms with Gasteiger partial charge in [0.25, 0.3) is 0 Å². The molecule has 1 atom stereocenters. The number of carbonyl (C=O) groups excluding carboxylic acids is 1. The van der Waals surface area contributed by atoms with Gasteiger partial charge < -0.3 is 20.4 Å². The van der Waals surface area contributed by atoms with Crippen LogP contribution >= 0.6 is 0 Å². The monoisotopic (exact) mass is 267 g/mol. The van der Waals surface area contributed by atoms with Crippen LogP contribution < -0.4 is 5.32 Å². The Morgan fingerprint density at radius 1 is 1.53 bits per heavy atom. The smallest absolute Gasteiger partial charge is 0.337 e. The van der Waals surface area contributed by atoms with Gasteiger partial charge in [0.05, 0.1) is 6.54 Å². The maximum absolute atomic E-state index is 11.7. The number of urea groups is 1. The van der Waals surface area contributed by atoms with Gasteiger partial charge in [-0.3, -0.25) is 4.98 Å². The van der Waals surface area contributed by atoms with E-state index in [1.165, 1.54) is 4.90 Å². The van der Waals surface area contributed by atoms with Crippen molar-refractivity contribution in [3.05, 3.63) is 30.1 Å². The zero-order valence-electron chi connectivity index (χ0n) is 10.8. The van der Waals surface area contributed by atoms with Crippen LogP contribution in [0, 0.1) is 0 Å². The van der Waals surface area contributed by atoms with Crippen molar-refractivity contribution < 1.29 is 19.8 Å². The molecule has 1 unspecified atom stereocenters. The molecule has 2 amide bonds. The molecular weight excluding hydrogens is 250 g/mol. The number of nitrogens with one attached hydrogen (secondary N) is 1. The molecule has 0 aliphatic heterocycles. The van der Waals surface area contributed by atoms with E-state index in [0.717, 1.165) is 12.5 Å². The normalized spacial score (nSPS) is 13.4. The van der Waals surface area contributed by atoms with Crippen LogP contribution in [0.25, 0.3) is 0 Å². The largest absolute Gasteiger partial charge is 0.479 e. The highest BCUT2D eigenvalue weighted by atomic mass is 16.4. The number of rotatable bonds is 5. The molecule has 0 saturated carbocycles. The Bertz CT molecular complexity index is 448. The van der Waals surface area contributed by atoms with Crippen LogP contribution in [0.1, 0.15) is 12.5 Å². The van der Waals surface area contributed by atoms with Gasteiger partial charge >= 0.3 is 12.0 Å². The second kappa shape index (κ2) is 6.14. The van der Waals surface area contributed by atoms with Crippen molar-refractivity contribution in [1.29, 1.82) is 0 Å². The van der Waals surface area contributed by atoms with Crippen LogP contribution in [-0.4, -0.2) is 51.3 Å². The summed E-state index contributed by atoms with van der Waals surface area (Å²) in [6.07, 6.45) is 3.27. The number of hydrogen-bond donors (Lipinski definition) is 3. The number of pyridine rings is 1. The quantitative estimate of drug-likeness (QED) is 0.700. The number of carboxylic acids is 1. The zero-order chi connectivity index (χ0) is 14.5. The first kappa shape index (κ1) is 14.9. The van der Waals surface area contributed by atoms with Gasteiger partial charge in [0.1, 0.15) is 0 Å². The lowest BCUT2D eigenvalue weighted by molar-refractivity contribution is -0.155. The van der Waals surface area contributed by atoms with E-state index in [-0.39, 0.29) is 6.54 Å². The first-order chi connectivity index (χ1) is 8.83. The maximum atomic E-state index is 11.7. The Hall–Kier alpha value is -2.15. The Morgan fingerprint density at radius 3 is 2.74 bits per heavy atom. The highest BCUT2D eigenvalue weighted by Crippen LogP contribution is 2.03.